The molecule has 114 valence electrons. The molecule has 1 saturated carbocycles. The van der Waals surface area contributed by atoms with Crippen LogP contribution in [0.15, 0.2) is 6.33 Å². The van der Waals surface area contributed by atoms with Gasteiger partial charge in [0.15, 0.2) is 0 Å². The van der Waals surface area contributed by atoms with Crippen LogP contribution in [0, 0.1) is 18.8 Å². The average molecular weight is 308 g/mol. The van der Waals surface area contributed by atoms with Gasteiger partial charge < -0.3 is 5.32 Å². The lowest BCUT2D eigenvalue weighted by atomic mass is 9.81. The minimum atomic E-state index is 0.490. The number of halogens is 1. The van der Waals surface area contributed by atoms with Crippen molar-refractivity contribution in [2.24, 2.45) is 11.8 Å². The van der Waals surface area contributed by atoms with E-state index in [-0.39, 0.29) is 0 Å². The minimum absolute atomic E-state index is 0.490. The molecule has 0 radical (unpaired) electrons. The SMILES string of the molecule is Cc1c(Cl)nc2ncnn2c1NCCC1CCCC(C)C1. The average Bonchev–Trinajstić information content (AvgIpc) is 2.91. The molecular weight excluding hydrogens is 286 g/mol. The van der Waals surface area contributed by atoms with Crippen molar-refractivity contribution in [2.45, 2.75) is 46.0 Å². The fourth-order valence-electron chi connectivity index (χ4n) is 3.32. The van der Waals surface area contributed by atoms with Crippen LogP contribution in [0.3, 0.4) is 0 Å². The Morgan fingerprint density at radius 2 is 2.29 bits per heavy atom. The Labute approximate surface area is 130 Å². The molecule has 1 N–H and O–H groups in total. The number of anilines is 1. The molecule has 5 nitrogen and oxygen atoms in total. The van der Waals surface area contributed by atoms with Gasteiger partial charge in [-0.2, -0.15) is 19.6 Å². The fourth-order valence-corrected chi connectivity index (χ4v) is 3.49. The summed E-state index contributed by atoms with van der Waals surface area (Å²) in [6.45, 7) is 5.26. The van der Waals surface area contributed by atoms with Crippen LogP contribution in [0.5, 0.6) is 0 Å². The Morgan fingerprint density at radius 1 is 1.43 bits per heavy atom. The van der Waals surface area contributed by atoms with Gasteiger partial charge in [-0.25, -0.2) is 0 Å². The van der Waals surface area contributed by atoms with Crippen LogP contribution < -0.4 is 5.32 Å². The van der Waals surface area contributed by atoms with Crippen molar-refractivity contribution in [2.75, 3.05) is 11.9 Å². The molecule has 2 aromatic rings. The summed E-state index contributed by atoms with van der Waals surface area (Å²) in [6.07, 6.45) is 8.19. The molecule has 2 heterocycles. The third kappa shape index (κ3) is 3.12. The first-order chi connectivity index (χ1) is 10.1. The molecule has 21 heavy (non-hydrogen) atoms. The standard InChI is InChI=1S/C15H22ClN5/c1-10-4-3-5-12(8-10)6-7-17-14-11(2)13(16)20-15-18-9-19-21(14)15/h9-10,12,17H,3-8H2,1-2H3. The van der Waals surface area contributed by atoms with Crippen molar-refractivity contribution >= 4 is 23.2 Å². The van der Waals surface area contributed by atoms with Crippen LogP contribution in [0.2, 0.25) is 5.15 Å². The van der Waals surface area contributed by atoms with E-state index in [0.29, 0.717) is 10.9 Å². The Balaban J connectivity index is 1.67. The molecule has 0 saturated heterocycles. The van der Waals surface area contributed by atoms with Crippen molar-refractivity contribution < 1.29 is 0 Å². The highest BCUT2D eigenvalue weighted by Crippen LogP contribution is 2.31. The molecule has 6 heteroatoms. The summed E-state index contributed by atoms with van der Waals surface area (Å²) >= 11 is 6.16. The fraction of sp³-hybridized carbons (Fsp3) is 0.667. The highest BCUT2D eigenvalue weighted by molar-refractivity contribution is 6.30. The van der Waals surface area contributed by atoms with Crippen LogP contribution in [0.25, 0.3) is 5.78 Å². The van der Waals surface area contributed by atoms with Crippen LogP contribution in [0.1, 0.15) is 44.6 Å². The molecule has 3 rings (SSSR count). The third-order valence-electron chi connectivity index (χ3n) is 4.49. The maximum atomic E-state index is 6.16. The molecule has 2 atom stereocenters. The normalized spacial score (nSPS) is 22.6. The number of nitrogens with one attached hydrogen (secondary N) is 1. The zero-order valence-electron chi connectivity index (χ0n) is 12.6. The Morgan fingerprint density at radius 3 is 3.10 bits per heavy atom. The van der Waals surface area contributed by atoms with E-state index < -0.39 is 0 Å². The highest BCUT2D eigenvalue weighted by atomic mass is 35.5. The summed E-state index contributed by atoms with van der Waals surface area (Å²) in [5, 5.41) is 8.19. The molecule has 1 fully saturated rings. The Kier molecular flexibility index (Phi) is 4.29. The number of nitrogens with zero attached hydrogens (tertiary/aromatic N) is 4. The first-order valence-electron chi connectivity index (χ1n) is 7.75. The van der Waals surface area contributed by atoms with Gasteiger partial charge in [0.1, 0.15) is 17.3 Å². The summed E-state index contributed by atoms with van der Waals surface area (Å²) < 4.78 is 1.73. The van der Waals surface area contributed by atoms with Crippen molar-refractivity contribution in [1.82, 2.24) is 19.6 Å². The van der Waals surface area contributed by atoms with E-state index in [9.17, 15) is 0 Å². The molecule has 0 aromatic carbocycles. The summed E-state index contributed by atoms with van der Waals surface area (Å²) in [5.74, 6) is 3.17. The minimum Gasteiger partial charge on any atom is -0.370 e. The van der Waals surface area contributed by atoms with E-state index >= 15 is 0 Å². The number of hydrogen-bond donors (Lipinski definition) is 1. The van der Waals surface area contributed by atoms with Crippen molar-refractivity contribution in [3.63, 3.8) is 0 Å². The second-order valence-electron chi connectivity index (χ2n) is 6.20. The maximum Gasteiger partial charge on any atom is 0.255 e. The number of hydrogen-bond acceptors (Lipinski definition) is 4. The lowest BCUT2D eigenvalue weighted by molar-refractivity contribution is 0.274. The number of rotatable bonds is 4. The molecule has 0 amide bonds. The molecule has 0 bridgehead atoms. The van der Waals surface area contributed by atoms with Gasteiger partial charge in [-0.05, 0) is 31.6 Å². The summed E-state index contributed by atoms with van der Waals surface area (Å²) in [6, 6.07) is 0. The predicted octanol–water partition coefficient (Wildman–Crippen LogP) is 3.71. The van der Waals surface area contributed by atoms with Gasteiger partial charge in [0, 0.05) is 12.1 Å². The largest absolute Gasteiger partial charge is 0.370 e. The van der Waals surface area contributed by atoms with E-state index in [1.807, 2.05) is 6.92 Å². The molecule has 2 aromatic heterocycles. The van der Waals surface area contributed by atoms with Gasteiger partial charge in [0.2, 0.25) is 0 Å². The van der Waals surface area contributed by atoms with E-state index in [1.165, 1.54) is 38.4 Å². The molecule has 1 aliphatic rings. The van der Waals surface area contributed by atoms with Gasteiger partial charge in [-0.15, -0.1) is 0 Å². The zero-order valence-corrected chi connectivity index (χ0v) is 13.4. The summed E-state index contributed by atoms with van der Waals surface area (Å²) in [5.41, 5.74) is 0.923. The zero-order chi connectivity index (χ0) is 14.8. The topological polar surface area (TPSA) is 55.1 Å². The predicted molar refractivity (Wildman–Crippen MR) is 84.8 cm³/mol. The van der Waals surface area contributed by atoms with E-state index in [4.69, 9.17) is 11.6 Å². The Bertz CT molecular complexity index is 624. The van der Waals surface area contributed by atoms with Crippen molar-refractivity contribution in [3.8, 4) is 0 Å². The van der Waals surface area contributed by atoms with Crippen molar-refractivity contribution in [1.29, 1.82) is 0 Å². The number of fused-ring (bicyclic) bond motifs is 1. The van der Waals surface area contributed by atoms with Gasteiger partial charge in [0.05, 0.1) is 0 Å². The first-order valence-corrected chi connectivity index (χ1v) is 8.12. The summed E-state index contributed by atoms with van der Waals surface area (Å²) in [4.78, 5) is 8.32. The molecular formula is C15H22ClN5. The molecule has 0 aliphatic heterocycles. The van der Waals surface area contributed by atoms with E-state index in [0.717, 1.165) is 29.8 Å². The van der Waals surface area contributed by atoms with Crippen LogP contribution >= 0.6 is 11.6 Å². The highest BCUT2D eigenvalue weighted by Gasteiger charge is 2.19. The van der Waals surface area contributed by atoms with Crippen LogP contribution in [-0.4, -0.2) is 26.1 Å². The van der Waals surface area contributed by atoms with E-state index in [2.05, 4.69) is 27.3 Å². The quantitative estimate of drug-likeness (QED) is 0.875. The lowest BCUT2D eigenvalue weighted by Crippen LogP contribution is -2.18. The van der Waals surface area contributed by atoms with Crippen molar-refractivity contribution in [3.05, 3.63) is 17.0 Å². The van der Waals surface area contributed by atoms with Crippen LogP contribution in [0.4, 0.5) is 5.82 Å². The van der Waals surface area contributed by atoms with Gasteiger partial charge in [-0.1, -0.05) is 37.8 Å². The molecule has 2 unspecified atom stereocenters. The Hall–Kier alpha value is -1.36. The van der Waals surface area contributed by atoms with Crippen LogP contribution in [-0.2, 0) is 0 Å². The van der Waals surface area contributed by atoms with Gasteiger partial charge in [0.25, 0.3) is 5.78 Å². The summed E-state index contributed by atoms with van der Waals surface area (Å²) in [7, 11) is 0. The first kappa shape index (κ1) is 14.6. The van der Waals surface area contributed by atoms with E-state index in [1.54, 1.807) is 4.52 Å². The lowest BCUT2D eigenvalue weighted by Gasteiger charge is -2.26. The smallest absolute Gasteiger partial charge is 0.255 e. The number of aromatic nitrogens is 4. The monoisotopic (exact) mass is 307 g/mol. The third-order valence-corrected chi connectivity index (χ3v) is 4.86. The maximum absolute atomic E-state index is 6.16. The second kappa shape index (κ2) is 6.18. The second-order valence-corrected chi connectivity index (χ2v) is 6.56. The molecule has 0 spiro atoms. The van der Waals surface area contributed by atoms with Gasteiger partial charge in [-0.3, -0.25) is 0 Å². The molecule has 1 aliphatic carbocycles. The van der Waals surface area contributed by atoms with Gasteiger partial charge >= 0.3 is 0 Å².